The zero-order valence-corrected chi connectivity index (χ0v) is 22.0. The summed E-state index contributed by atoms with van der Waals surface area (Å²) in [4.78, 5) is 34.7. The van der Waals surface area contributed by atoms with E-state index >= 15 is 0 Å². The number of fused-ring (bicyclic) bond motifs is 1. The quantitative estimate of drug-likeness (QED) is 0.443. The SMILES string of the molecule is COc1cc(C(=O)Nc2ncc3c(n2)CC(c2cc(OC)c(OC)c(OC)c2)CC3=O)cc(OC)c1OC. The van der Waals surface area contributed by atoms with E-state index in [4.69, 9.17) is 28.4 Å². The molecule has 1 N–H and O–H groups in total. The number of benzene rings is 2. The molecule has 1 aliphatic carbocycles. The second-order valence-electron chi connectivity index (χ2n) is 8.41. The summed E-state index contributed by atoms with van der Waals surface area (Å²) >= 11 is 0. The zero-order valence-electron chi connectivity index (χ0n) is 22.0. The molecule has 200 valence electrons. The molecule has 1 amide bonds. The summed E-state index contributed by atoms with van der Waals surface area (Å²) < 4.78 is 32.3. The topological polar surface area (TPSA) is 127 Å². The molecule has 1 aliphatic rings. The molecule has 11 heteroatoms. The van der Waals surface area contributed by atoms with E-state index < -0.39 is 5.91 Å². The Balaban J connectivity index is 1.62. The average Bonchev–Trinajstić information content (AvgIpc) is 2.94. The largest absolute Gasteiger partial charge is 0.493 e. The Bertz CT molecular complexity index is 1320. The maximum absolute atomic E-state index is 13.0. The van der Waals surface area contributed by atoms with Crippen molar-refractivity contribution < 1.29 is 38.0 Å². The number of rotatable bonds is 9. The average molecular weight is 524 g/mol. The summed E-state index contributed by atoms with van der Waals surface area (Å²) in [5, 5.41) is 2.69. The number of methoxy groups -OCH3 is 6. The number of carbonyl (C=O) groups excluding carboxylic acids is 2. The van der Waals surface area contributed by atoms with Crippen molar-refractivity contribution in [2.24, 2.45) is 0 Å². The fraction of sp³-hybridized carbons (Fsp3) is 0.333. The molecule has 1 atom stereocenters. The van der Waals surface area contributed by atoms with Crippen LogP contribution in [0.3, 0.4) is 0 Å². The minimum absolute atomic E-state index is 0.0702. The lowest BCUT2D eigenvalue weighted by Gasteiger charge is -2.24. The number of aromatic nitrogens is 2. The minimum Gasteiger partial charge on any atom is -0.493 e. The van der Waals surface area contributed by atoms with Crippen molar-refractivity contribution in [1.82, 2.24) is 9.97 Å². The van der Waals surface area contributed by atoms with Crippen LogP contribution in [-0.2, 0) is 6.42 Å². The van der Waals surface area contributed by atoms with Crippen LogP contribution in [0.15, 0.2) is 30.5 Å². The van der Waals surface area contributed by atoms with E-state index in [-0.39, 0.29) is 29.6 Å². The monoisotopic (exact) mass is 523 g/mol. The molecule has 1 heterocycles. The van der Waals surface area contributed by atoms with Gasteiger partial charge in [0.15, 0.2) is 28.8 Å². The van der Waals surface area contributed by atoms with Crippen LogP contribution >= 0.6 is 0 Å². The molecule has 1 unspecified atom stereocenters. The van der Waals surface area contributed by atoms with Gasteiger partial charge >= 0.3 is 0 Å². The Labute approximate surface area is 220 Å². The van der Waals surface area contributed by atoms with E-state index in [1.165, 1.54) is 46.8 Å². The first-order valence-corrected chi connectivity index (χ1v) is 11.7. The lowest BCUT2D eigenvalue weighted by Crippen LogP contribution is -2.22. The van der Waals surface area contributed by atoms with Crippen molar-refractivity contribution in [3.05, 3.63) is 52.8 Å². The number of nitrogens with zero attached hydrogens (tertiary/aromatic N) is 2. The molecule has 2 aromatic carbocycles. The molecule has 0 fully saturated rings. The molecule has 0 bridgehead atoms. The smallest absolute Gasteiger partial charge is 0.258 e. The highest BCUT2D eigenvalue weighted by atomic mass is 16.5. The van der Waals surface area contributed by atoms with Crippen molar-refractivity contribution in [1.29, 1.82) is 0 Å². The second-order valence-corrected chi connectivity index (χ2v) is 8.41. The maximum Gasteiger partial charge on any atom is 0.258 e. The number of carbonyl (C=O) groups is 2. The highest BCUT2D eigenvalue weighted by Crippen LogP contribution is 2.43. The predicted octanol–water partition coefficient (Wildman–Crippen LogP) is 3.69. The first-order valence-electron chi connectivity index (χ1n) is 11.7. The van der Waals surface area contributed by atoms with E-state index in [2.05, 4.69) is 15.3 Å². The number of Topliss-reactive ketones (excluding diaryl/α,β-unsaturated/α-hetero) is 1. The molecule has 0 saturated heterocycles. The van der Waals surface area contributed by atoms with Crippen LogP contribution in [-0.4, -0.2) is 64.3 Å². The molecular formula is C27H29N3O8. The van der Waals surface area contributed by atoms with E-state index in [0.717, 1.165) is 5.56 Å². The molecule has 0 aliphatic heterocycles. The molecule has 0 spiro atoms. The van der Waals surface area contributed by atoms with Crippen molar-refractivity contribution in [2.45, 2.75) is 18.8 Å². The lowest BCUT2D eigenvalue weighted by molar-refractivity contribution is 0.0962. The molecule has 38 heavy (non-hydrogen) atoms. The number of hydrogen-bond donors (Lipinski definition) is 1. The van der Waals surface area contributed by atoms with E-state index in [9.17, 15) is 9.59 Å². The number of nitrogens with one attached hydrogen (secondary N) is 1. The summed E-state index contributed by atoms with van der Waals surface area (Å²) in [6.07, 6.45) is 2.17. The van der Waals surface area contributed by atoms with Crippen LogP contribution in [0, 0.1) is 0 Å². The lowest BCUT2D eigenvalue weighted by atomic mass is 9.82. The first-order chi connectivity index (χ1) is 18.4. The summed E-state index contributed by atoms with van der Waals surface area (Å²) in [6.45, 7) is 0. The molecule has 11 nitrogen and oxygen atoms in total. The Morgan fingerprint density at radius 1 is 0.789 bits per heavy atom. The van der Waals surface area contributed by atoms with Gasteiger partial charge in [0.05, 0.1) is 53.9 Å². The first kappa shape index (κ1) is 26.5. The van der Waals surface area contributed by atoms with E-state index in [0.29, 0.717) is 52.2 Å². The van der Waals surface area contributed by atoms with Gasteiger partial charge in [-0.1, -0.05) is 0 Å². The number of hydrogen-bond acceptors (Lipinski definition) is 10. The van der Waals surface area contributed by atoms with Crippen molar-refractivity contribution in [3.8, 4) is 34.5 Å². The number of amides is 1. The summed E-state index contributed by atoms with van der Waals surface area (Å²) in [5.74, 6) is 1.83. The number of ether oxygens (including phenoxy) is 6. The van der Waals surface area contributed by atoms with Crippen molar-refractivity contribution >= 4 is 17.6 Å². The zero-order chi connectivity index (χ0) is 27.4. The third kappa shape index (κ3) is 4.99. The maximum atomic E-state index is 13.0. The molecule has 0 saturated carbocycles. The van der Waals surface area contributed by atoms with Gasteiger partial charge in [-0.15, -0.1) is 0 Å². The minimum atomic E-state index is -0.479. The normalized spacial score (nSPS) is 14.3. The van der Waals surface area contributed by atoms with Crippen LogP contribution < -0.4 is 33.7 Å². The molecule has 1 aromatic heterocycles. The van der Waals surface area contributed by atoms with Gasteiger partial charge < -0.3 is 28.4 Å². The van der Waals surface area contributed by atoms with Crippen LogP contribution in [0.4, 0.5) is 5.95 Å². The standard InChI is InChI=1S/C27H29N3O8/c1-33-20-9-15(10-21(34-2)24(20)37-5)14-7-18-17(19(31)8-14)13-28-27(29-18)30-26(32)16-11-22(35-3)25(38-6)23(12-16)36-4/h9-14H,7-8H2,1-6H3,(H,28,29,30,32). The fourth-order valence-electron chi connectivity index (χ4n) is 4.46. The summed E-state index contributed by atoms with van der Waals surface area (Å²) in [6, 6.07) is 6.72. The van der Waals surface area contributed by atoms with Gasteiger partial charge in [0.25, 0.3) is 5.91 Å². The van der Waals surface area contributed by atoms with E-state index in [1.54, 1.807) is 14.2 Å². The third-order valence-electron chi connectivity index (χ3n) is 6.35. The van der Waals surface area contributed by atoms with Crippen molar-refractivity contribution in [2.75, 3.05) is 48.0 Å². The Morgan fingerprint density at radius 3 is 1.82 bits per heavy atom. The third-order valence-corrected chi connectivity index (χ3v) is 6.35. The van der Waals surface area contributed by atoms with Crippen LogP contribution in [0.5, 0.6) is 34.5 Å². The van der Waals surface area contributed by atoms with Crippen molar-refractivity contribution in [3.63, 3.8) is 0 Å². The number of anilines is 1. The van der Waals surface area contributed by atoms with Crippen LogP contribution in [0.2, 0.25) is 0 Å². The predicted molar refractivity (Wildman–Crippen MR) is 138 cm³/mol. The molecular weight excluding hydrogens is 494 g/mol. The number of ketones is 1. The molecule has 4 rings (SSSR count). The Morgan fingerprint density at radius 2 is 1.32 bits per heavy atom. The van der Waals surface area contributed by atoms with Gasteiger partial charge in [-0.2, -0.15) is 0 Å². The van der Waals surface area contributed by atoms with E-state index in [1.807, 2.05) is 12.1 Å². The molecule has 3 aromatic rings. The Kier molecular flexibility index (Phi) is 7.85. The highest BCUT2D eigenvalue weighted by molar-refractivity contribution is 6.04. The fourth-order valence-corrected chi connectivity index (χ4v) is 4.46. The van der Waals surface area contributed by atoms with Gasteiger partial charge in [-0.25, -0.2) is 9.97 Å². The Hall–Kier alpha value is -4.54. The van der Waals surface area contributed by atoms with Gasteiger partial charge in [0.1, 0.15) is 0 Å². The second kappa shape index (κ2) is 11.2. The summed E-state index contributed by atoms with van der Waals surface area (Å²) in [7, 11) is 9.02. The molecule has 0 radical (unpaired) electrons. The summed E-state index contributed by atoms with van der Waals surface area (Å²) in [5.41, 5.74) is 2.07. The van der Waals surface area contributed by atoms with Gasteiger partial charge in [0.2, 0.25) is 17.4 Å². The highest BCUT2D eigenvalue weighted by Gasteiger charge is 2.30. The van der Waals surface area contributed by atoms with Crippen LogP contribution in [0.25, 0.3) is 0 Å². The van der Waals surface area contributed by atoms with Gasteiger partial charge in [-0.3, -0.25) is 14.9 Å². The van der Waals surface area contributed by atoms with Gasteiger partial charge in [-0.05, 0) is 42.2 Å². The van der Waals surface area contributed by atoms with Crippen LogP contribution in [0.1, 0.15) is 44.3 Å². The van der Waals surface area contributed by atoms with Gasteiger partial charge in [0, 0.05) is 18.2 Å².